The lowest BCUT2D eigenvalue weighted by Crippen LogP contribution is -2.24. The molecule has 0 saturated heterocycles. The van der Waals surface area contributed by atoms with Crippen LogP contribution in [0, 0.1) is 6.92 Å². The number of hydrogen-bond acceptors (Lipinski definition) is 7. The Morgan fingerprint density at radius 3 is 2.66 bits per heavy atom. The minimum absolute atomic E-state index is 0.0477. The Kier molecular flexibility index (Phi) is 7.02. The molecule has 2 aromatic heterocycles. The van der Waals surface area contributed by atoms with Crippen molar-refractivity contribution in [3.8, 4) is 11.5 Å². The molecule has 0 unspecified atom stereocenters. The molecular formula is C24H26N4O3S. The number of benzene rings is 2. The van der Waals surface area contributed by atoms with E-state index in [0.29, 0.717) is 46.7 Å². The molecule has 0 amide bonds. The van der Waals surface area contributed by atoms with Crippen molar-refractivity contribution in [2.45, 2.75) is 50.8 Å². The Bertz CT molecular complexity index is 1250. The summed E-state index contributed by atoms with van der Waals surface area (Å²) in [5.41, 5.74) is 2.68. The summed E-state index contributed by atoms with van der Waals surface area (Å²) >= 11 is 1.42. The highest BCUT2D eigenvalue weighted by atomic mass is 32.2. The highest BCUT2D eigenvalue weighted by Crippen LogP contribution is 2.24. The van der Waals surface area contributed by atoms with E-state index in [9.17, 15) is 4.79 Å². The van der Waals surface area contributed by atoms with Crippen molar-refractivity contribution in [2.75, 3.05) is 6.61 Å². The van der Waals surface area contributed by atoms with E-state index in [2.05, 4.69) is 10.2 Å². The molecule has 0 bridgehead atoms. The lowest BCUT2D eigenvalue weighted by Gasteiger charge is -2.13. The van der Waals surface area contributed by atoms with Crippen LogP contribution in [0.15, 0.2) is 62.9 Å². The largest absolute Gasteiger partial charge is 0.420 e. The van der Waals surface area contributed by atoms with Gasteiger partial charge in [-0.15, -0.1) is 10.2 Å². The predicted octanol–water partition coefficient (Wildman–Crippen LogP) is 4.86. The average molecular weight is 451 g/mol. The second-order valence-electron chi connectivity index (χ2n) is 7.80. The summed E-state index contributed by atoms with van der Waals surface area (Å²) in [6, 6.07) is 15.3. The highest BCUT2D eigenvalue weighted by molar-refractivity contribution is 7.98. The van der Waals surface area contributed by atoms with Gasteiger partial charge in [-0.3, -0.25) is 9.36 Å². The molecule has 0 aliphatic carbocycles. The molecule has 0 radical (unpaired) electrons. The standard InChI is InChI=1S/C24H26N4O3S/c1-16(2)30-14-6-13-28-23(29)19-7-4-5-8-20(19)25-24(28)32-15-21-26-27-22(31-21)18-11-9-17(3)10-12-18/h4-5,7-12,16H,6,13-15H2,1-3H3. The van der Waals surface area contributed by atoms with Gasteiger partial charge in [0, 0.05) is 18.7 Å². The quantitative estimate of drug-likeness (QED) is 0.204. The van der Waals surface area contributed by atoms with Crippen LogP contribution in [0.5, 0.6) is 0 Å². The van der Waals surface area contributed by atoms with Crippen molar-refractivity contribution in [3.05, 3.63) is 70.3 Å². The summed E-state index contributed by atoms with van der Waals surface area (Å²) in [6.45, 7) is 7.15. The number of rotatable bonds is 9. The number of aryl methyl sites for hydroxylation is 1. The average Bonchev–Trinajstić information content (AvgIpc) is 3.26. The topological polar surface area (TPSA) is 83.0 Å². The summed E-state index contributed by atoms with van der Waals surface area (Å²) < 4.78 is 13.2. The fourth-order valence-corrected chi connectivity index (χ4v) is 4.11. The molecule has 7 nitrogen and oxygen atoms in total. The smallest absolute Gasteiger partial charge is 0.262 e. The first-order valence-electron chi connectivity index (χ1n) is 10.6. The van der Waals surface area contributed by atoms with E-state index in [1.807, 2.05) is 69.3 Å². The van der Waals surface area contributed by atoms with Crippen molar-refractivity contribution in [2.24, 2.45) is 0 Å². The number of ether oxygens (including phenoxy) is 1. The maximum atomic E-state index is 13.1. The zero-order chi connectivity index (χ0) is 22.5. The molecule has 0 atom stereocenters. The summed E-state index contributed by atoms with van der Waals surface area (Å²) in [6.07, 6.45) is 0.889. The van der Waals surface area contributed by atoms with Crippen molar-refractivity contribution in [3.63, 3.8) is 0 Å². The van der Waals surface area contributed by atoms with Gasteiger partial charge < -0.3 is 9.15 Å². The zero-order valence-corrected chi connectivity index (χ0v) is 19.3. The molecule has 2 aromatic carbocycles. The summed E-state index contributed by atoms with van der Waals surface area (Å²) in [4.78, 5) is 17.9. The molecule has 0 spiro atoms. The van der Waals surface area contributed by atoms with Gasteiger partial charge in [-0.2, -0.15) is 0 Å². The summed E-state index contributed by atoms with van der Waals surface area (Å²) in [7, 11) is 0. The molecule has 8 heteroatoms. The third-order valence-electron chi connectivity index (χ3n) is 4.89. The molecular weight excluding hydrogens is 424 g/mol. The zero-order valence-electron chi connectivity index (χ0n) is 18.4. The van der Waals surface area contributed by atoms with E-state index < -0.39 is 0 Å². The van der Waals surface area contributed by atoms with Crippen LogP contribution >= 0.6 is 11.8 Å². The molecule has 0 fully saturated rings. The molecule has 0 aliphatic rings. The molecule has 4 aromatic rings. The third-order valence-corrected chi connectivity index (χ3v) is 5.86. The minimum atomic E-state index is -0.0477. The monoisotopic (exact) mass is 450 g/mol. The van der Waals surface area contributed by atoms with Gasteiger partial charge in [-0.1, -0.05) is 41.6 Å². The van der Waals surface area contributed by atoms with E-state index in [1.54, 1.807) is 4.57 Å². The first kappa shape index (κ1) is 22.2. The molecule has 166 valence electrons. The van der Waals surface area contributed by atoms with Gasteiger partial charge >= 0.3 is 0 Å². The minimum Gasteiger partial charge on any atom is -0.420 e. The lowest BCUT2D eigenvalue weighted by molar-refractivity contribution is 0.0743. The van der Waals surface area contributed by atoms with Gasteiger partial charge in [-0.05, 0) is 51.5 Å². The molecule has 4 rings (SSSR count). The number of aromatic nitrogens is 4. The fraction of sp³-hybridized carbons (Fsp3) is 0.333. The molecule has 0 aliphatic heterocycles. The Morgan fingerprint density at radius 2 is 1.88 bits per heavy atom. The maximum absolute atomic E-state index is 13.1. The van der Waals surface area contributed by atoms with Crippen molar-refractivity contribution < 1.29 is 9.15 Å². The van der Waals surface area contributed by atoms with Gasteiger partial charge in [-0.25, -0.2) is 4.98 Å². The third kappa shape index (κ3) is 5.26. The molecule has 32 heavy (non-hydrogen) atoms. The van der Waals surface area contributed by atoms with Gasteiger partial charge in [0.25, 0.3) is 5.56 Å². The lowest BCUT2D eigenvalue weighted by atomic mass is 10.1. The van der Waals surface area contributed by atoms with E-state index in [-0.39, 0.29) is 11.7 Å². The number of para-hydroxylation sites is 1. The van der Waals surface area contributed by atoms with Crippen molar-refractivity contribution >= 4 is 22.7 Å². The van der Waals surface area contributed by atoms with Crippen LogP contribution in [0.1, 0.15) is 31.7 Å². The van der Waals surface area contributed by atoms with E-state index in [4.69, 9.17) is 14.1 Å². The van der Waals surface area contributed by atoms with Crippen LogP contribution in [-0.4, -0.2) is 32.5 Å². The predicted molar refractivity (Wildman–Crippen MR) is 126 cm³/mol. The van der Waals surface area contributed by atoms with Crippen LogP contribution in [0.2, 0.25) is 0 Å². The van der Waals surface area contributed by atoms with E-state index in [0.717, 1.165) is 12.0 Å². The Morgan fingerprint density at radius 1 is 1.09 bits per heavy atom. The summed E-state index contributed by atoms with van der Waals surface area (Å²) in [5, 5.41) is 9.57. The normalized spacial score (nSPS) is 11.5. The first-order chi connectivity index (χ1) is 15.5. The van der Waals surface area contributed by atoms with Gasteiger partial charge in [0.1, 0.15) is 0 Å². The molecule has 2 heterocycles. The van der Waals surface area contributed by atoms with Crippen molar-refractivity contribution in [1.29, 1.82) is 0 Å². The fourth-order valence-electron chi connectivity index (χ4n) is 3.25. The number of hydrogen-bond donors (Lipinski definition) is 0. The second-order valence-corrected chi connectivity index (χ2v) is 8.74. The number of fused-ring (bicyclic) bond motifs is 1. The van der Waals surface area contributed by atoms with Crippen LogP contribution < -0.4 is 5.56 Å². The SMILES string of the molecule is Cc1ccc(-c2nnc(CSc3nc4ccccc4c(=O)n3CCCOC(C)C)o2)cc1. The second kappa shape index (κ2) is 10.1. The Balaban J connectivity index is 1.54. The first-order valence-corrected chi connectivity index (χ1v) is 11.6. The van der Waals surface area contributed by atoms with Gasteiger partial charge in [0.05, 0.1) is 22.8 Å². The Labute approximate surface area is 190 Å². The van der Waals surface area contributed by atoms with E-state index >= 15 is 0 Å². The molecule has 0 N–H and O–H groups in total. The van der Waals surface area contributed by atoms with Crippen LogP contribution in [0.25, 0.3) is 22.4 Å². The van der Waals surface area contributed by atoms with Crippen molar-refractivity contribution in [1.82, 2.24) is 19.7 Å². The maximum Gasteiger partial charge on any atom is 0.262 e. The van der Waals surface area contributed by atoms with E-state index in [1.165, 1.54) is 17.3 Å². The Hall–Kier alpha value is -2.97. The molecule has 0 saturated carbocycles. The van der Waals surface area contributed by atoms with Crippen LogP contribution in [-0.2, 0) is 17.0 Å². The van der Waals surface area contributed by atoms with Gasteiger partial charge in [0.15, 0.2) is 5.16 Å². The number of thioether (sulfide) groups is 1. The van der Waals surface area contributed by atoms with Gasteiger partial charge in [0.2, 0.25) is 11.8 Å². The highest BCUT2D eigenvalue weighted by Gasteiger charge is 2.14. The van der Waals surface area contributed by atoms with Crippen LogP contribution in [0.4, 0.5) is 0 Å². The van der Waals surface area contributed by atoms with Crippen LogP contribution in [0.3, 0.4) is 0 Å². The summed E-state index contributed by atoms with van der Waals surface area (Å²) in [5.74, 6) is 1.39. The number of nitrogens with zero attached hydrogens (tertiary/aromatic N) is 4.